The third kappa shape index (κ3) is 3.09. The molecule has 0 spiro atoms. The zero-order chi connectivity index (χ0) is 17.3. The molecule has 1 saturated heterocycles. The van der Waals surface area contributed by atoms with E-state index < -0.39 is 5.79 Å². The largest absolute Gasteiger partial charge is 0.351 e. The van der Waals surface area contributed by atoms with E-state index in [0.29, 0.717) is 0 Å². The summed E-state index contributed by atoms with van der Waals surface area (Å²) in [5.41, 5.74) is 11.6. The Balaban J connectivity index is 1.76. The minimum Gasteiger partial charge on any atom is -0.351 e. The van der Waals surface area contributed by atoms with Crippen molar-refractivity contribution >= 4 is 11.8 Å². The second kappa shape index (κ2) is 6.64. The molecule has 2 aromatic rings. The molecule has 2 aliphatic heterocycles. The molecule has 3 N–H and O–H groups in total. The number of nitrogens with zero attached hydrogens (tertiary/aromatic N) is 2. The van der Waals surface area contributed by atoms with E-state index in [-0.39, 0.29) is 0 Å². The molecular weight excluding hydrogens is 308 g/mol. The molecule has 0 saturated carbocycles. The number of nitrogens with one attached hydrogen (secondary N) is 1. The molecule has 0 bridgehead atoms. The molecule has 130 valence electrons. The van der Waals surface area contributed by atoms with Gasteiger partial charge in [0.1, 0.15) is 0 Å². The van der Waals surface area contributed by atoms with E-state index in [0.717, 1.165) is 43.9 Å². The van der Waals surface area contributed by atoms with Gasteiger partial charge in [-0.2, -0.15) is 0 Å². The number of hydrogen-bond acceptors (Lipinski definition) is 4. The lowest BCUT2D eigenvalue weighted by molar-refractivity contribution is 0.0758. The highest BCUT2D eigenvalue weighted by Crippen LogP contribution is 2.34. The summed E-state index contributed by atoms with van der Waals surface area (Å²) >= 11 is 0. The summed E-state index contributed by atoms with van der Waals surface area (Å²) in [6, 6.07) is 18.9. The Morgan fingerprint density at radius 2 is 1.68 bits per heavy atom. The van der Waals surface area contributed by atoms with E-state index in [9.17, 15) is 0 Å². The molecule has 1 atom stereocenters. The maximum atomic E-state index is 7.04. The quantitative estimate of drug-likeness (QED) is 0.886. The van der Waals surface area contributed by atoms with Crippen molar-refractivity contribution < 1.29 is 0 Å². The second-order valence-electron chi connectivity index (χ2n) is 7.05. The highest BCUT2D eigenvalue weighted by Gasteiger charge is 2.39. The molecule has 1 fully saturated rings. The van der Waals surface area contributed by atoms with Crippen molar-refractivity contribution in [2.75, 3.05) is 33.2 Å². The summed E-state index contributed by atoms with van der Waals surface area (Å²) in [5, 5.41) is 3.66. The van der Waals surface area contributed by atoms with E-state index in [2.05, 4.69) is 76.8 Å². The molecule has 0 radical (unpaired) electrons. The van der Waals surface area contributed by atoms with Gasteiger partial charge in [0.2, 0.25) is 0 Å². The lowest BCUT2D eigenvalue weighted by atomic mass is 9.93. The Kier molecular flexibility index (Phi) is 4.34. The van der Waals surface area contributed by atoms with Crippen LogP contribution in [-0.4, -0.2) is 43.0 Å². The highest BCUT2D eigenvalue weighted by molar-refractivity contribution is 5.84. The van der Waals surface area contributed by atoms with Gasteiger partial charge in [0.05, 0.1) is 0 Å². The van der Waals surface area contributed by atoms with Gasteiger partial charge in [-0.3, -0.25) is 10.6 Å². The number of benzene rings is 2. The molecule has 2 heterocycles. The molecule has 4 nitrogen and oxygen atoms in total. The predicted molar refractivity (Wildman–Crippen MR) is 103 cm³/mol. The summed E-state index contributed by atoms with van der Waals surface area (Å²) in [5.74, 6) is -0.679. The maximum Gasteiger partial charge on any atom is 0.171 e. The SMILES string of the molecule is CN1CCCN(C2(N)NC(c3ccccc3)=Cc3ccccc32)CC1. The van der Waals surface area contributed by atoms with Crippen LogP contribution in [-0.2, 0) is 5.79 Å². The zero-order valence-corrected chi connectivity index (χ0v) is 14.8. The first-order chi connectivity index (χ1) is 12.2. The van der Waals surface area contributed by atoms with Crippen molar-refractivity contribution in [3.8, 4) is 0 Å². The smallest absolute Gasteiger partial charge is 0.171 e. The Morgan fingerprint density at radius 1 is 0.920 bits per heavy atom. The average molecular weight is 334 g/mol. The molecule has 0 amide bonds. The van der Waals surface area contributed by atoms with Gasteiger partial charge in [-0.05, 0) is 37.2 Å². The highest BCUT2D eigenvalue weighted by atomic mass is 15.4. The van der Waals surface area contributed by atoms with Crippen molar-refractivity contribution in [2.45, 2.75) is 12.2 Å². The summed E-state index contributed by atoms with van der Waals surface area (Å²) in [6.45, 7) is 4.10. The van der Waals surface area contributed by atoms with E-state index in [4.69, 9.17) is 5.73 Å². The summed E-state index contributed by atoms with van der Waals surface area (Å²) in [4.78, 5) is 4.78. The van der Waals surface area contributed by atoms with Crippen molar-refractivity contribution in [1.82, 2.24) is 15.1 Å². The van der Waals surface area contributed by atoms with Crippen LogP contribution in [0.3, 0.4) is 0 Å². The fraction of sp³-hybridized carbons (Fsp3) is 0.333. The molecular formula is C21H26N4. The van der Waals surface area contributed by atoms with Crippen LogP contribution in [0.15, 0.2) is 54.6 Å². The third-order valence-corrected chi connectivity index (χ3v) is 5.30. The topological polar surface area (TPSA) is 44.5 Å². The van der Waals surface area contributed by atoms with Crippen molar-refractivity contribution in [2.24, 2.45) is 5.73 Å². The molecule has 1 unspecified atom stereocenters. The first-order valence-electron chi connectivity index (χ1n) is 9.04. The van der Waals surface area contributed by atoms with Gasteiger partial charge in [-0.25, -0.2) is 0 Å². The van der Waals surface area contributed by atoms with E-state index in [1.807, 2.05) is 6.07 Å². The Morgan fingerprint density at radius 3 is 2.52 bits per heavy atom. The number of fused-ring (bicyclic) bond motifs is 1. The van der Waals surface area contributed by atoms with Crippen LogP contribution in [0.2, 0.25) is 0 Å². The van der Waals surface area contributed by atoms with Gasteiger partial charge in [-0.15, -0.1) is 0 Å². The van der Waals surface area contributed by atoms with Gasteiger partial charge in [0.25, 0.3) is 0 Å². The summed E-state index contributed by atoms with van der Waals surface area (Å²) < 4.78 is 0. The van der Waals surface area contributed by atoms with Crippen LogP contribution in [0.4, 0.5) is 0 Å². The third-order valence-electron chi connectivity index (χ3n) is 5.30. The molecule has 2 aromatic carbocycles. The van der Waals surface area contributed by atoms with Gasteiger partial charge in [0.15, 0.2) is 5.79 Å². The van der Waals surface area contributed by atoms with Crippen molar-refractivity contribution in [3.05, 3.63) is 71.3 Å². The Bertz CT molecular complexity index is 770. The Labute approximate surface area is 149 Å². The van der Waals surface area contributed by atoms with Crippen LogP contribution in [0.1, 0.15) is 23.1 Å². The fourth-order valence-corrected chi connectivity index (χ4v) is 3.86. The minimum atomic E-state index is -0.679. The normalized spacial score (nSPS) is 24.8. The predicted octanol–water partition coefficient (Wildman–Crippen LogP) is 2.49. The maximum absolute atomic E-state index is 7.04. The first kappa shape index (κ1) is 16.3. The summed E-state index contributed by atoms with van der Waals surface area (Å²) in [6.07, 6.45) is 3.34. The molecule has 4 heteroatoms. The fourth-order valence-electron chi connectivity index (χ4n) is 3.86. The van der Waals surface area contributed by atoms with Gasteiger partial charge < -0.3 is 10.2 Å². The minimum absolute atomic E-state index is 0.679. The monoisotopic (exact) mass is 334 g/mol. The van der Waals surface area contributed by atoms with Crippen LogP contribution >= 0.6 is 0 Å². The average Bonchev–Trinajstić information content (AvgIpc) is 2.87. The first-order valence-corrected chi connectivity index (χ1v) is 9.04. The van der Waals surface area contributed by atoms with E-state index in [1.165, 1.54) is 11.1 Å². The van der Waals surface area contributed by atoms with Gasteiger partial charge in [-0.1, -0.05) is 54.6 Å². The Hall–Kier alpha value is -2.14. The van der Waals surface area contributed by atoms with Crippen LogP contribution in [0, 0.1) is 0 Å². The lowest BCUT2D eigenvalue weighted by Crippen LogP contribution is -2.63. The number of rotatable bonds is 2. The second-order valence-corrected chi connectivity index (χ2v) is 7.05. The lowest BCUT2D eigenvalue weighted by Gasteiger charge is -2.45. The standard InChI is InChI=1S/C21H26N4/c1-24-12-7-13-25(15-14-24)21(22)19-11-6-5-10-18(19)16-20(23-21)17-8-3-2-4-9-17/h2-6,8-11,16,23H,7,12-15,22H2,1H3. The summed E-state index contributed by atoms with van der Waals surface area (Å²) in [7, 11) is 2.18. The van der Waals surface area contributed by atoms with Gasteiger partial charge >= 0.3 is 0 Å². The molecule has 0 aromatic heterocycles. The van der Waals surface area contributed by atoms with E-state index in [1.54, 1.807) is 0 Å². The molecule has 25 heavy (non-hydrogen) atoms. The van der Waals surface area contributed by atoms with E-state index >= 15 is 0 Å². The van der Waals surface area contributed by atoms with Crippen molar-refractivity contribution in [1.29, 1.82) is 0 Å². The number of hydrogen-bond donors (Lipinski definition) is 2. The molecule has 2 aliphatic rings. The number of likely N-dealkylation sites (N-methyl/N-ethyl adjacent to an activating group) is 1. The van der Waals surface area contributed by atoms with Crippen LogP contribution in [0.5, 0.6) is 0 Å². The van der Waals surface area contributed by atoms with Crippen LogP contribution < -0.4 is 11.1 Å². The van der Waals surface area contributed by atoms with Crippen molar-refractivity contribution in [3.63, 3.8) is 0 Å². The zero-order valence-electron chi connectivity index (χ0n) is 14.8. The van der Waals surface area contributed by atoms with Gasteiger partial charge in [0, 0.05) is 30.9 Å². The molecule has 4 rings (SSSR count). The van der Waals surface area contributed by atoms with Crippen LogP contribution in [0.25, 0.3) is 11.8 Å². The number of nitrogens with two attached hydrogens (primary N) is 1. The molecule has 0 aliphatic carbocycles.